The number of aromatic nitrogens is 1. The molecular formula is C23H30N4O3S. The summed E-state index contributed by atoms with van der Waals surface area (Å²) in [6, 6.07) is 6.89. The molecule has 2 atom stereocenters. The van der Waals surface area contributed by atoms with Gasteiger partial charge in [-0.15, -0.1) is 11.3 Å². The molecule has 0 bridgehead atoms. The maximum Gasteiger partial charge on any atom is 0.246 e. The summed E-state index contributed by atoms with van der Waals surface area (Å²) >= 11 is 1.61. The van der Waals surface area contributed by atoms with Crippen molar-refractivity contribution in [2.45, 2.75) is 59.2 Å². The first-order valence-electron chi connectivity index (χ1n) is 10.5. The van der Waals surface area contributed by atoms with Gasteiger partial charge in [0.25, 0.3) is 0 Å². The number of nitrogens with zero attached hydrogens (tertiary/aromatic N) is 2. The largest absolute Gasteiger partial charge is 0.350 e. The van der Waals surface area contributed by atoms with Crippen LogP contribution in [0.15, 0.2) is 29.8 Å². The maximum absolute atomic E-state index is 13.1. The van der Waals surface area contributed by atoms with Gasteiger partial charge in [0.15, 0.2) is 0 Å². The van der Waals surface area contributed by atoms with Gasteiger partial charge in [-0.2, -0.15) is 0 Å². The van der Waals surface area contributed by atoms with Gasteiger partial charge < -0.3 is 15.5 Å². The number of carbonyl (C=O) groups is 3. The lowest BCUT2D eigenvalue weighted by Gasteiger charge is -2.34. The topological polar surface area (TPSA) is 91.4 Å². The van der Waals surface area contributed by atoms with Crippen molar-refractivity contribution in [2.24, 2.45) is 5.41 Å². The summed E-state index contributed by atoms with van der Waals surface area (Å²) in [4.78, 5) is 44.0. The van der Waals surface area contributed by atoms with Crippen LogP contribution in [0, 0.1) is 12.3 Å². The zero-order valence-corrected chi connectivity index (χ0v) is 19.3. The summed E-state index contributed by atoms with van der Waals surface area (Å²) in [7, 11) is 0. The van der Waals surface area contributed by atoms with Gasteiger partial charge in [-0.3, -0.25) is 14.4 Å². The lowest BCUT2D eigenvalue weighted by molar-refractivity contribution is -0.142. The number of hydrogen-bond donors (Lipinski definition) is 2. The molecule has 3 amide bonds. The number of hydrogen-bond acceptors (Lipinski definition) is 5. The molecule has 0 saturated carbocycles. The highest BCUT2D eigenvalue weighted by Crippen LogP contribution is 2.28. The lowest BCUT2D eigenvalue weighted by Crippen LogP contribution is -2.56. The summed E-state index contributed by atoms with van der Waals surface area (Å²) in [5.41, 5.74) is 4.50. The number of aryl methyl sites for hydroxylation is 1. The van der Waals surface area contributed by atoms with Crippen molar-refractivity contribution in [3.8, 4) is 10.4 Å². The molecule has 3 rings (SSSR count). The van der Waals surface area contributed by atoms with Crippen molar-refractivity contribution in [1.82, 2.24) is 20.5 Å². The van der Waals surface area contributed by atoms with Crippen LogP contribution in [-0.2, 0) is 20.9 Å². The van der Waals surface area contributed by atoms with E-state index in [0.717, 1.165) is 28.1 Å². The van der Waals surface area contributed by atoms with E-state index in [1.807, 2.05) is 57.5 Å². The second-order valence-electron chi connectivity index (χ2n) is 8.95. The van der Waals surface area contributed by atoms with Crippen LogP contribution in [0.2, 0.25) is 0 Å². The molecule has 0 radical (unpaired) electrons. The average Bonchev–Trinajstić information content (AvgIpc) is 3.38. The van der Waals surface area contributed by atoms with Gasteiger partial charge >= 0.3 is 0 Å². The van der Waals surface area contributed by atoms with Crippen molar-refractivity contribution in [3.05, 3.63) is 41.0 Å². The van der Waals surface area contributed by atoms with Crippen LogP contribution < -0.4 is 10.6 Å². The fraction of sp³-hybridized carbons (Fsp3) is 0.478. The van der Waals surface area contributed by atoms with E-state index < -0.39 is 17.5 Å². The highest BCUT2D eigenvalue weighted by atomic mass is 32.1. The summed E-state index contributed by atoms with van der Waals surface area (Å²) in [6.07, 6.45) is 1.94. The summed E-state index contributed by atoms with van der Waals surface area (Å²) in [6.45, 7) is 8.60. The molecule has 1 aliphatic rings. The zero-order chi connectivity index (χ0) is 22.6. The molecule has 166 valence electrons. The van der Waals surface area contributed by atoms with Crippen LogP contribution in [0.3, 0.4) is 0 Å². The molecule has 2 N–H and O–H groups in total. The van der Waals surface area contributed by atoms with E-state index >= 15 is 0 Å². The van der Waals surface area contributed by atoms with Crippen LogP contribution in [0.25, 0.3) is 10.4 Å². The third-order valence-corrected chi connectivity index (χ3v) is 6.59. The predicted molar refractivity (Wildman–Crippen MR) is 121 cm³/mol. The van der Waals surface area contributed by atoms with E-state index in [9.17, 15) is 14.4 Å². The minimum atomic E-state index is -0.666. The van der Waals surface area contributed by atoms with E-state index in [1.165, 1.54) is 0 Å². The molecular weight excluding hydrogens is 412 g/mol. The molecule has 1 aromatic carbocycles. The van der Waals surface area contributed by atoms with Crippen molar-refractivity contribution in [3.63, 3.8) is 0 Å². The molecule has 2 unspecified atom stereocenters. The molecule has 2 heterocycles. The average molecular weight is 443 g/mol. The summed E-state index contributed by atoms with van der Waals surface area (Å²) in [5, 5.41) is 5.60. The SMILES string of the molecule is Cc1ncsc1-c1ccc(CNC(=O)C2CCCN2C(=O)C(NC=O)C(C)(C)C)cc1. The number of amides is 3. The van der Waals surface area contributed by atoms with Gasteiger partial charge in [0, 0.05) is 13.1 Å². The van der Waals surface area contributed by atoms with E-state index in [4.69, 9.17) is 0 Å². The fourth-order valence-electron chi connectivity index (χ4n) is 3.89. The molecule has 7 nitrogen and oxygen atoms in total. The molecule has 0 spiro atoms. The molecule has 8 heteroatoms. The summed E-state index contributed by atoms with van der Waals surface area (Å²) < 4.78 is 0. The quantitative estimate of drug-likeness (QED) is 0.645. The molecule has 2 aromatic rings. The van der Waals surface area contributed by atoms with E-state index in [-0.39, 0.29) is 11.8 Å². The molecule has 1 saturated heterocycles. The van der Waals surface area contributed by atoms with Crippen molar-refractivity contribution in [1.29, 1.82) is 0 Å². The smallest absolute Gasteiger partial charge is 0.246 e. The zero-order valence-electron chi connectivity index (χ0n) is 18.5. The Kier molecular flexibility index (Phi) is 7.10. The Morgan fingerprint density at radius 3 is 2.58 bits per heavy atom. The Bertz CT molecular complexity index is 933. The monoisotopic (exact) mass is 442 g/mol. The van der Waals surface area contributed by atoms with Crippen molar-refractivity contribution in [2.75, 3.05) is 6.54 Å². The minimum Gasteiger partial charge on any atom is -0.350 e. The Labute approximate surface area is 187 Å². The van der Waals surface area contributed by atoms with Gasteiger partial charge in [0.1, 0.15) is 12.1 Å². The summed E-state index contributed by atoms with van der Waals surface area (Å²) in [5.74, 6) is -0.367. The third kappa shape index (κ3) is 5.31. The number of carbonyl (C=O) groups excluding carboxylic acids is 3. The first-order chi connectivity index (χ1) is 14.7. The fourth-order valence-corrected chi connectivity index (χ4v) is 4.70. The lowest BCUT2D eigenvalue weighted by atomic mass is 9.85. The highest BCUT2D eigenvalue weighted by molar-refractivity contribution is 7.13. The number of nitrogens with one attached hydrogen (secondary N) is 2. The van der Waals surface area contributed by atoms with Gasteiger partial charge in [0.2, 0.25) is 18.2 Å². The van der Waals surface area contributed by atoms with Crippen molar-refractivity contribution < 1.29 is 14.4 Å². The van der Waals surface area contributed by atoms with Crippen LogP contribution in [0.1, 0.15) is 44.9 Å². The van der Waals surface area contributed by atoms with Crippen LogP contribution in [-0.4, -0.2) is 46.7 Å². The Hall–Kier alpha value is -2.74. The van der Waals surface area contributed by atoms with Crippen molar-refractivity contribution >= 4 is 29.6 Å². The highest BCUT2D eigenvalue weighted by Gasteiger charge is 2.40. The standard InChI is InChI=1S/C23H30N4O3S/c1-15-19(31-14-26-15)17-9-7-16(8-10-17)12-24-21(29)18-6-5-11-27(18)22(30)20(25-13-28)23(2,3)4/h7-10,13-14,18,20H,5-6,11-12H2,1-4H3,(H,24,29)(H,25,28). The molecule has 0 aliphatic carbocycles. The molecule has 1 aliphatic heterocycles. The first-order valence-corrected chi connectivity index (χ1v) is 11.4. The second-order valence-corrected chi connectivity index (χ2v) is 9.81. The Morgan fingerprint density at radius 2 is 2.00 bits per heavy atom. The number of benzene rings is 1. The first kappa shape index (κ1) is 22.9. The van der Waals surface area contributed by atoms with Gasteiger partial charge in [0.05, 0.1) is 16.1 Å². The number of rotatable bonds is 7. The molecule has 31 heavy (non-hydrogen) atoms. The minimum absolute atomic E-state index is 0.160. The molecule has 1 fully saturated rings. The van der Waals surface area contributed by atoms with Gasteiger partial charge in [-0.1, -0.05) is 45.0 Å². The predicted octanol–water partition coefficient (Wildman–Crippen LogP) is 2.89. The van der Waals surface area contributed by atoms with E-state index in [0.29, 0.717) is 25.9 Å². The molecule has 1 aromatic heterocycles. The second kappa shape index (κ2) is 9.60. The maximum atomic E-state index is 13.1. The van der Waals surface area contributed by atoms with Gasteiger partial charge in [-0.05, 0) is 36.3 Å². The normalized spacial score (nSPS) is 17.3. The van der Waals surface area contributed by atoms with Crippen LogP contribution in [0.4, 0.5) is 0 Å². The van der Waals surface area contributed by atoms with Gasteiger partial charge in [-0.25, -0.2) is 4.98 Å². The number of likely N-dealkylation sites (tertiary alicyclic amines) is 1. The van der Waals surface area contributed by atoms with E-state index in [2.05, 4.69) is 15.6 Å². The number of thiazole rings is 1. The third-order valence-electron chi connectivity index (χ3n) is 5.61. The Balaban J connectivity index is 1.62. The van der Waals surface area contributed by atoms with E-state index in [1.54, 1.807) is 16.2 Å². The van der Waals surface area contributed by atoms with Crippen LogP contribution >= 0.6 is 11.3 Å². The Morgan fingerprint density at radius 1 is 1.29 bits per heavy atom. The van der Waals surface area contributed by atoms with Crippen LogP contribution in [0.5, 0.6) is 0 Å².